The van der Waals surface area contributed by atoms with E-state index >= 15 is 0 Å². The highest BCUT2D eigenvalue weighted by molar-refractivity contribution is 6.46. The lowest BCUT2D eigenvalue weighted by molar-refractivity contribution is -0.140. The van der Waals surface area contributed by atoms with Crippen molar-refractivity contribution in [2.24, 2.45) is 0 Å². The van der Waals surface area contributed by atoms with E-state index in [1.54, 1.807) is 24.3 Å². The molecule has 1 atom stereocenters. The molecule has 0 aliphatic carbocycles. The van der Waals surface area contributed by atoms with Crippen molar-refractivity contribution in [3.63, 3.8) is 0 Å². The number of ether oxygens (including phenoxy) is 3. The lowest BCUT2D eigenvalue weighted by atomic mass is 9.95. The first-order valence-corrected chi connectivity index (χ1v) is 12.2. The zero-order valence-corrected chi connectivity index (χ0v) is 21.8. The Morgan fingerprint density at radius 2 is 1.76 bits per heavy atom. The predicted molar refractivity (Wildman–Crippen MR) is 141 cm³/mol. The van der Waals surface area contributed by atoms with Crippen LogP contribution in [0.5, 0.6) is 11.5 Å². The molecule has 1 saturated heterocycles. The number of nitrogens with zero attached hydrogens (tertiary/aromatic N) is 1. The molecule has 9 heteroatoms. The third-order valence-electron chi connectivity index (χ3n) is 5.97. The van der Waals surface area contributed by atoms with Crippen LogP contribution in [-0.4, -0.2) is 49.1 Å². The Kier molecular flexibility index (Phi) is 8.38. The Hall–Kier alpha value is -3.52. The number of aliphatic hydroxyl groups is 1. The zero-order valence-electron chi connectivity index (χ0n) is 20.2. The van der Waals surface area contributed by atoms with Crippen molar-refractivity contribution < 1.29 is 28.9 Å². The minimum atomic E-state index is -0.905. The minimum absolute atomic E-state index is 0.103. The Bertz CT molecular complexity index is 1340. The summed E-state index contributed by atoms with van der Waals surface area (Å²) < 4.78 is 16.5. The molecule has 0 aromatic heterocycles. The molecular weight excluding hydrogens is 517 g/mol. The van der Waals surface area contributed by atoms with Gasteiger partial charge in [0.25, 0.3) is 11.7 Å². The molecule has 0 bridgehead atoms. The van der Waals surface area contributed by atoms with Gasteiger partial charge in [-0.1, -0.05) is 65.7 Å². The van der Waals surface area contributed by atoms with E-state index in [2.05, 4.69) is 0 Å². The molecule has 0 saturated carbocycles. The van der Waals surface area contributed by atoms with Gasteiger partial charge in [0.2, 0.25) is 0 Å². The van der Waals surface area contributed by atoms with E-state index in [1.807, 2.05) is 30.3 Å². The van der Waals surface area contributed by atoms with Gasteiger partial charge in [-0.15, -0.1) is 0 Å². The van der Waals surface area contributed by atoms with E-state index in [0.717, 1.165) is 5.56 Å². The van der Waals surface area contributed by atoms with Gasteiger partial charge < -0.3 is 24.2 Å². The van der Waals surface area contributed by atoms with E-state index in [4.69, 9.17) is 37.4 Å². The summed E-state index contributed by atoms with van der Waals surface area (Å²) in [6.45, 7) is 0.664. The fourth-order valence-electron chi connectivity index (χ4n) is 4.25. The number of hydrogen-bond donors (Lipinski definition) is 1. The number of carbonyl (C=O) groups is 2. The number of halogens is 2. The van der Waals surface area contributed by atoms with Crippen LogP contribution in [0.3, 0.4) is 0 Å². The van der Waals surface area contributed by atoms with E-state index in [9.17, 15) is 14.7 Å². The number of methoxy groups -OCH3 is 2. The number of ketones is 1. The molecule has 3 aromatic rings. The average molecular weight is 542 g/mol. The highest BCUT2D eigenvalue weighted by Gasteiger charge is 2.46. The highest BCUT2D eigenvalue weighted by atomic mass is 35.5. The van der Waals surface area contributed by atoms with Crippen LogP contribution >= 0.6 is 23.2 Å². The van der Waals surface area contributed by atoms with E-state index in [0.29, 0.717) is 17.9 Å². The fourth-order valence-corrected chi connectivity index (χ4v) is 4.82. The van der Waals surface area contributed by atoms with Crippen LogP contribution in [0.2, 0.25) is 10.0 Å². The number of likely N-dealkylation sites (tertiary alicyclic amines) is 1. The molecule has 0 spiro atoms. The minimum Gasteiger partial charge on any atom is -0.507 e. The molecule has 1 amide bonds. The normalized spacial score (nSPS) is 16.8. The second kappa shape index (κ2) is 11.7. The number of Topliss-reactive ketones (excluding diaryl/α,β-unsaturated/α-hetero) is 1. The zero-order chi connectivity index (χ0) is 26.5. The van der Waals surface area contributed by atoms with Crippen molar-refractivity contribution in [1.82, 2.24) is 4.90 Å². The molecule has 3 aromatic carbocycles. The summed E-state index contributed by atoms with van der Waals surface area (Å²) in [6, 6.07) is 18.7. The highest BCUT2D eigenvalue weighted by Crippen LogP contribution is 2.43. The number of benzene rings is 3. The van der Waals surface area contributed by atoms with E-state index in [-0.39, 0.29) is 40.1 Å². The van der Waals surface area contributed by atoms with Gasteiger partial charge in [-0.2, -0.15) is 0 Å². The maximum Gasteiger partial charge on any atom is 0.295 e. The summed E-state index contributed by atoms with van der Waals surface area (Å²) in [5.74, 6) is -1.37. The summed E-state index contributed by atoms with van der Waals surface area (Å²) in [5, 5.41) is 11.8. The first-order valence-electron chi connectivity index (χ1n) is 11.4. The average Bonchev–Trinajstić information content (AvgIpc) is 3.15. The van der Waals surface area contributed by atoms with Gasteiger partial charge in [0, 0.05) is 18.7 Å². The van der Waals surface area contributed by atoms with Crippen LogP contribution in [0.15, 0.2) is 72.3 Å². The molecule has 1 N–H and O–H groups in total. The summed E-state index contributed by atoms with van der Waals surface area (Å²) in [5.41, 5.74) is 1.56. The summed E-state index contributed by atoms with van der Waals surface area (Å²) in [7, 11) is 2.89. The fraction of sp³-hybridized carbons (Fsp3) is 0.214. The molecule has 0 radical (unpaired) electrons. The molecule has 1 heterocycles. The van der Waals surface area contributed by atoms with Gasteiger partial charge >= 0.3 is 0 Å². The van der Waals surface area contributed by atoms with Gasteiger partial charge in [0.15, 0.2) is 0 Å². The third-order valence-corrected chi connectivity index (χ3v) is 6.47. The lowest BCUT2D eigenvalue weighted by Gasteiger charge is -2.25. The third kappa shape index (κ3) is 5.59. The molecule has 1 aliphatic heterocycles. The monoisotopic (exact) mass is 541 g/mol. The van der Waals surface area contributed by atoms with Crippen molar-refractivity contribution in [3.05, 3.63) is 99.0 Å². The van der Waals surface area contributed by atoms with Gasteiger partial charge in [-0.3, -0.25) is 9.59 Å². The van der Waals surface area contributed by atoms with Crippen molar-refractivity contribution in [1.29, 1.82) is 0 Å². The molecule has 1 unspecified atom stereocenters. The first kappa shape index (κ1) is 26.5. The lowest BCUT2D eigenvalue weighted by Crippen LogP contribution is -2.32. The second-order valence-electron chi connectivity index (χ2n) is 8.30. The van der Waals surface area contributed by atoms with Crippen molar-refractivity contribution >= 4 is 40.7 Å². The Morgan fingerprint density at radius 1 is 1.00 bits per heavy atom. The summed E-state index contributed by atoms with van der Waals surface area (Å²) >= 11 is 12.5. The molecule has 1 aliphatic rings. The van der Waals surface area contributed by atoms with Gasteiger partial charge in [-0.05, 0) is 35.4 Å². The topological polar surface area (TPSA) is 85.3 Å². The molecule has 7 nitrogen and oxygen atoms in total. The van der Waals surface area contributed by atoms with Gasteiger partial charge in [-0.25, -0.2) is 0 Å². The van der Waals surface area contributed by atoms with Crippen LogP contribution < -0.4 is 9.47 Å². The second-order valence-corrected chi connectivity index (χ2v) is 9.14. The SMILES string of the molecule is COCCN1C(=O)C(=O)/C(=C(/O)c2cc(Cl)cc(Cl)c2OC)C1c1cccc(OCc2ccccc2)c1. The van der Waals surface area contributed by atoms with Crippen LogP contribution in [0, 0.1) is 0 Å². The van der Waals surface area contributed by atoms with Gasteiger partial charge in [0.05, 0.1) is 35.9 Å². The Morgan fingerprint density at radius 3 is 2.46 bits per heavy atom. The molecular formula is C28H25Cl2NO6. The van der Waals surface area contributed by atoms with Crippen LogP contribution in [-0.2, 0) is 20.9 Å². The number of aliphatic hydroxyl groups excluding tert-OH is 1. The van der Waals surface area contributed by atoms with Crippen LogP contribution in [0.1, 0.15) is 22.7 Å². The van der Waals surface area contributed by atoms with E-state index in [1.165, 1.54) is 31.3 Å². The summed E-state index contributed by atoms with van der Waals surface area (Å²) in [6.07, 6.45) is 0. The van der Waals surface area contributed by atoms with Crippen molar-refractivity contribution in [2.45, 2.75) is 12.6 Å². The van der Waals surface area contributed by atoms with Crippen molar-refractivity contribution in [3.8, 4) is 11.5 Å². The number of hydrogen-bond acceptors (Lipinski definition) is 6. The number of carbonyl (C=O) groups excluding carboxylic acids is 2. The smallest absolute Gasteiger partial charge is 0.295 e. The predicted octanol–water partition coefficient (Wildman–Crippen LogP) is 5.65. The number of amides is 1. The van der Waals surface area contributed by atoms with Crippen LogP contribution in [0.25, 0.3) is 5.76 Å². The van der Waals surface area contributed by atoms with Crippen LogP contribution in [0.4, 0.5) is 0 Å². The standard InChI is InChI=1S/C28H25Cl2NO6/c1-35-12-11-31-24(18-9-6-10-20(13-18)37-16-17-7-4-3-5-8-17)23(26(33)28(31)34)25(32)21-14-19(29)15-22(30)27(21)36-2/h3-10,13-15,24,32H,11-12,16H2,1-2H3/b25-23+. The molecule has 37 heavy (non-hydrogen) atoms. The van der Waals surface area contributed by atoms with Crippen molar-refractivity contribution in [2.75, 3.05) is 27.4 Å². The molecule has 4 rings (SSSR count). The summed E-state index contributed by atoms with van der Waals surface area (Å²) in [4.78, 5) is 27.7. The number of rotatable bonds is 9. The quantitative estimate of drug-likeness (QED) is 0.214. The maximum atomic E-state index is 13.3. The maximum absolute atomic E-state index is 13.3. The van der Waals surface area contributed by atoms with Gasteiger partial charge in [0.1, 0.15) is 23.9 Å². The molecule has 1 fully saturated rings. The Balaban J connectivity index is 1.81. The largest absolute Gasteiger partial charge is 0.507 e. The Labute approximate surface area is 224 Å². The first-order chi connectivity index (χ1) is 17.8. The van der Waals surface area contributed by atoms with E-state index < -0.39 is 23.5 Å². The molecule has 192 valence electrons.